The molecule has 216 valence electrons. The lowest BCUT2D eigenvalue weighted by molar-refractivity contribution is -0.127. The maximum atomic E-state index is 14.5. The minimum atomic E-state index is -0.974. The summed E-state index contributed by atoms with van der Waals surface area (Å²) in [5.41, 5.74) is 3.55. The van der Waals surface area contributed by atoms with Crippen LogP contribution in [0.5, 0.6) is 0 Å². The van der Waals surface area contributed by atoms with Gasteiger partial charge in [-0.1, -0.05) is 37.3 Å². The molecule has 0 radical (unpaired) electrons. The van der Waals surface area contributed by atoms with Gasteiger partial charge in [-0.05, 0) is 69.7 Å². The maximum absolute atomic E-state index is 14.5. The zero-order valence-electron chi connectivity index (χ0n) is 24.4. The van der Waals surface area contributed by atoms with Crippen LogP contribution in [0.1, 0.15) is 74.7 Å². The van der Waals surface area contributed by atoms with Gasteiger partial charge in [-0.2, -0.15) is 0 Å². The second kappa shape index (κ2) is 11.8. The van der Waals surface area contributed by atoms with Gasteiger partial charge in [0, 0.05) is 18.3 Å². The van der Waals surface area contributed by atoms with Crippen molar-refractivity contribution in [1.82, 2.24) is 34.6 Å². The van der Waals surface area contributed by atoms with E-state index in [2.05, 4.69) is 34.5 Å². The SMILES string of the molecule is Cc1c(C(=O)N(CCC2CCC(C)(C)CO2)C(C(=O)NC(C)C)c2cnnn2-c2ccccc2)ccc2cncn12. The van der Waals surface area contributed by atoms with Gasteiger partial charge in [0.1, 0.15) is 0 Å². The average Bonchev–Trinajstić information content (AvgIpc) is 3.62. The molecule has 2 atom stereocenters. The van der Waals surface area contributed by atoms with Gasteiger partial charge in [-0.3, -0.25) is 9.59 Å². The molecule has 0 spiro atoms. The number of hydrogen-bond donors (Lipinski definition) is 1. The number of nitrogens with one attached hydrogen (secondary N) is 1. The minimum Gasteiger partial charge on any atom is -0.378 e. The molecule has 4 heterocycles. The molecule has 3 aromatic heterocycles. The molecule has 1 N–H and O–H groups in total. The standard InChI is InChI=1S/C31H39N7O3/c1-21(2)34-29(39)28(27-18-33-35-38(27)23-9-7-6-8-10-23)36(16-14-25-13-15-31(4,5)19-41-25)30(40)26-12-11-24-17-32-20-37(24)22(26)3/h6-12,17-18,20-21,25,28H,13-16,19H2,1-5H3,(H,34,39). The molecule has 4 aromatic rings. The van der Waals surface area contributed by atoms with Crippen LogP contribution in [0.3, 0.4) is 0 Å². The highest BCUT2D eigenvalue weighted by molar-refractivity contribution is 5.99. The Kier molecular flexibility index (Phi) is 8.21. The normalized spacial score (nSPS) is 17.5. The number of aryl methyl sites for hydroxylation is 1. The molecule has 0 saturated carbocycles. The fourth-order valence-electron chi connectivity index (χ4n) is 5.42. The largest absolute Gasteiger partial charge is 0.378 e. The smallest absolute Gasteiger partial charge is 0.256 e. The number of rotatable bonds is 9. The highest BCUT2D eigenvalue weighted by atomic mass is 16.5. The summed E-state index contributed by atoms with van der Waals surface area (Å²) in [6, 6.07) is 12.1. The number of amides is 2. The van der Waals surface area contributed by atoms with E-state index < -0.39 is 6.04 Å². The molecule has 1 aromatic carbocycles. The van der Waals surface area contributed by atoms with E-state index in [1.165, 1.54) is 0 Å². The van der Waals surface area contributed by atoms with E-state index in [4.69, 9.17) is 4.74 Å². The van der Waals surface area contributed by atoms with Crippen molar-refractivity contribution in [2.75, 3.05) is 13.2 Å². The van der Waals surface area contributed by atoms with E-state index in [-0.39, 0.29) is 29.4 Å². The second-order valence-corrected chi connectivity index (χ2v) is 11.9. The number of pyridine rings is 1. The summed E-state index contributed by atoms with van der Waals surface area (Å²) in [5.74, 6) is -0.543. The molecular formula is C31H39N7O3. The number of ether oxygens (including phenoxy) is 1. The Bertz CT molecular complexity index is 1500. The van der Waals surface area contributed by atoms with Crippen LogP contribution in [0.15, 0.2) is 61.2 Å². The quantitative estimate of drug-likeness (QED) is 0.324. The first-order valence-corrected chi connectivity index (χ1v) is 14.3. The summed E-state index contributed by atoms with van der Waals surface area (Å²) in [4.78, 5) is 34.4. The molecule has 10 heteroatoms. The van der Waals surface area contributed by atoms with Gasteiger partial charge < -0.3 is 19.4 Å². The van der Waals surface area contributed by atoms with Crippen LogP contribution in [0, 0.1) is 12.3 Å². The number of fused-ring (bicyclic) bond motifs is 1. The molecule has 5 rings (SSSR count). The number of carbonyl (C=O) groups is 2. The van der Waals surface area contributed by atoms with Crippen LogP contribution < -0.4 is 5.32 Å². The minimum absolute atomic E-state index is 0.00141. The Balaban J connectivity index is 1.57. The first-order chi connectivity index (χ1) is 19.6. The molecule has 1 aliphatic heterocycles. The van der Waals surface area contributed by atoms with Crippen molar-refractivity contribution in [1.29, 1.82) is 0 Å². The maximum Gasteiger partial charge on any atom is 0.256 e. The second-order valence-electron chi connectivity index (χ2n) is 11.9. The van der Waals surface area contributed by atoms with Crippen molar-refractivity contribution in [3.05, 3.63) is 78.1 Å². The van der Waals surface area contributed by atoms with Crippen molar-refractivity contribution >= 4 is 17.3 Å². The van der Waals surface area contributed by atoms with E-state index in [1.54, 1.807) is 28.3 Å². The first kappa shape index (κ1) is 28.5. The summed E-state index contributed by atoms with van der Waals surface area (Å²) in [6.07, 6.45) is 7.58. The Hall–Kier alpha value is -4.05. The summed E-state index contributed by atoms with van der Waals surface area (Å²) < 4.78 is 9.73. The van der Waals surface area contributed by atoms with Gasteiger partial charge in [0.2, 0.25) is 5.91 Å². The molecular weight excluding hydrogens is 518 g/mol. The monoisotopic (exact) mass is 557 g/mol. The molecule has 2 unspecified atom stereocenters. The third-order valence-corrected chi connectivity index (χ3v) is 7.72. The van der Waals surface area contributed by atoms with Crippen LogP contribution in [0.2, 0.25) is 0 Å². The van der Waals surface area contributed by atoms with Crippen LogP contribution in [0.4, 0.5) is 0 Å². The summed E-state index contributed by atoms with van der Waals surface area (Å²) in [6.45, 7) is 11.1. The highest BCUT2D eigenvalue weighted by Gasteiger charge is 2.37. The van der Waals surface area contributed by atoms with E-state index in [9.17, 15) is 9.59 Å². The third kappa shape index (κ3) is 6.17. The van der Waals surface area contributed by atoms with Crippen molar-refractivity contribution in [3.8, 4) is 5.69 Å². The van der Waals surface area contributed by atoms with E-state index in [0.717, 1.165) is 29.7 Å². The average molecular weight is 558 g/mol. The van der Waals surface area contributed by atoms with E-state index >= 15 is 0 Å². The molecule has 2 amide bonds. The van der Waals surface area contributed by atoms with Crippen molar-refractivity contribution in [2.24, 2.45) is 5.41 Å². The Labute approximate surface area is 240 Å². The lowest BCUT2D eigenvalue weighted by atomic mass is 9.85. The molecule has 10 nitrogen and oxygen atoms in total. The van der Waals surface area contributed by atoms with Gasteiger partial charge in [0.25, 0.3) is 5.91 Å². The fourth-order valence-corrected chi connectivity index (χ4v) is 5.42. The van der Waals surface area contributed by atoms with Crippen molar-refractivity contribution in [3.63, 3.8) is 0 Å². The van der Waals surface area contributed by atoms with Gasteiger partial charge in [0.05, 0.1) is 53.9 Å². The van der Waals surface area contributed by atoms with E-state index in [0.29, 0.717) is 30.8 Å². The first-order valence-electron chi connectivity index (χ1n) is 14.3. The predicted octanol–water partition coefficient (Wildman–Crippen LogP) is 4.53. The third-order valence-electron chi connectivity index (χ3n) is 7.72. The number of hydrogen-bond acceptors (Lipinski definition) is 6. The Morgan fingerprint density at radius 3 is 2.63 bits per heavy atom. The van der Waals surface area contributed by atoms with Crippen LogP contribution >= 0.6 is 0 Å². The summed E-state index contributed by atoms with van der Waals surface area (Å²) in [7, 11) is 0. The molecule has 0 bridgehead atoms. The van der Waals surface area contributed by atoms with E-state index in [1.807, 2.05) is 67.6 Å². The Morgan fingerprint density at radius 1 is 1.15 bits per heavy atom. The molecule has 0 aliphatic carbocycles. The van der Waals surface area contributed by atoms with Gasteiger partial charge in [-0.25, -0.2) is 9.67 Å². The van der Waals surface area contributed by atoms with Gasteiger partial charge >= 0.3 is 0 Å². The lowest BCUT2D eigenvalue weighted by Gasteiger charge is -2.37. The number of carbonyl (C=O) groups excluding carboxylic acids is 2. The van der Waals surface area contributed by atoms with Crippen molar-refractivity contribution in [2.45, 2.75) is 72.1 Å². The molecule has 41 heavy (non-hydrogen) atoms. The summed E-state index contributed by atoms with van der Waals surface area (Å²) in [5, 5.41) is 11.5. The summed E-state index contributed by atoms with van der Waals surface area (Å²) >= 11 is 0. The zero-order chi connectivity index (χ0) is 29.1. The number of aromatic nitrogens is 5. The van der Waals surface area contributed by atoms with Crippen LogP contribution in [-0.2, 0) is 9.53 Å². The highest BCUT2D eigenvalue weighted by Crippen LogP contribution is 2.32. The fraction of sp³-hybridized carbons (Fsp3) is 0.452. The Morgan fingerprint density at radius 2 is 1.93 bits per heavy atom. The number of nitrogens with zero attached hydrogens (tertiary/aromatic N) is 6. The van der Waals surface area contributed by atoms with Crippen molar-refractivity contribution < 1.29 is 14.3 Å². The molecule has 1 fully saturated rings. The van der Waals surface area contributed by atoms with Crippen LogP contribution in [-0.4, -0.2) is 66.4 Å². The molecule has 1 saturated heterocycles. The number of para-hydroxylation sites is 1. The predicted molar refractivity (Wildman–Crippen MR) is 156 cm³/mol. The number of benzene rings is 1. The topological polar surface area (TPSA) is 107 Å². The zero-order valence-corrected chi connectivity index (χ0v) is 24.4. The van der Waals surface area contributed by atoms with Gasteiger partial charge in [-0.15, -0.1) is 5.10 Å². The number of imidazole rings is 1. The lowest BCUT2D eigenvalue weighted by Crippen LogP contribution is -2.47. The van der Waals surface area contributed by atoms with Gasteiger partial charge in [0.15, 0.2) is 6.04 Å². The molecule has 1 aliphatic rings. The van der Waals surface area contributed by atoms with Crippen LogP contribution in [0.25, 0.3) is 11.2 Å².